The summed E-state index contributed by atoms with van der Waals surface area (Å²) in [5, 5.41) is 3.00. The van der Waals surface area contributed by atoms with E-state index in [-0.39, 0.29) is 5.91 Å². The fourth-order valence-electron chi connectivity index (χ4n) is 2.71. The van der Waals surface area contributed by atoms with E-state index in [1.54, 1.807) is 12.1 Å². The zero-order valence-electron chi connectivity index (χ0n) is 13.6. The molecular formula is C18H26N2O2. The summed E-state index contributed by atoms with van der Waals surface area (Å²) in [5.41, 5.74) is 1.64. The Bertz CT molecular complexity index is 510. The maximum atomic E-state index is 12.1. The number of rotatable bonds is 7. The van der Waals surface area contributed by atoms with E-state index >= 15 is 0 Å². The molecule has 1 aliphatic rings. The fraction of sp³-hybridized carbons (Fsp3) is 0.500. The number of nitrogens with zero attached hydrogens (tertiary/aromatic N) is 1. The summed E-state index contributed by atoms with van der Waals surface area (Å²) in [6.07, 6.45) is 3.52. The quantitative estimate of drug-likeness (QED) is 0.788. The number of amides is 1. The summed E-state index contributed by atoms with van der Waals surface area (Å²) >= 11 is 0. The smallest absolute Gasteiger partial charge is 0.251 e. The molecule has 1 N–H and O–H groups in total. The molecule has 1 amide bonds. The lowest BCUT2D eigenvalue weighted by molar-refractivity contribution is 0.0950. The Kier molecular flexibility index (Phi) is 6.01. The summed E-state index contributed by atoms with van der Waals surface area (Å²) in [7, 11) is 2.16. The van der Waals surface area contributed by atoms with Gasteiger partial charge in [0.2, 0.25) is 0 Å². The summed E-state index contributed by atoms with van der Waals surface area (Å²) in [6.45, 7) is 8.11. The number of carbonyl (C=O) groups is 1. The maximum absolute atomic E-state index is 12.1. The van der Waals surface area contributed by atoms with Crippen LogP contribution in [0.25, 0.3) is 0 Å². The highest BCUT2D eigenvalue weighted by molar-refractivity contribution is 5.94. The van der Waals surface area contributed by atoms with Crippen LogP contribution >= 0.6 is 0 Å². The van der Waals surface area contributed by atoms with Crippen molar-refractivity contribution in [2.45, 2.75) is 32.2 Å². The Hall–Kier alpha value is -1.81. The Morgan fingerprint density at radius 1 is 1.41 bits per heavy atom. The Morgan fingerprint density at radius 3 is 2.73 bits per heavy atom. The van der Waals surface area contributed by atoms with Crippen molar-refractivity contribution in [3.8, 4) is 5.75 Å². The lowest BCUT2D eigenvalue weighted by Crippen LogP contribution is -2.31. The zero-order valence-corrected chi connectivity index (χ0v) is 13.6. The molecule has 0 unspecified atom stereocenters. The number of benzene rings is 1. The highest BCUT2D eigenvalue weighted by atomic mass is 16.5. The zero-order chi connectivity index (χ0) is 15.9. The molecular weight excluding hydrogens is 276 g/mol. The Balaban J connectivity index is 1.76. The molecule has 0 radical (unpaired) electrons. The van der Waals surface area contributed by atoms with Crippen LogP contribution in [0.4, 0.5) is 0 Å². The van der Waals surface area contributed by atoms with Gasteiger partial charge in [0.25, 0.3) is 5.91 Å². The average Bonchev–Trinajstić information content (AvgIpc) is 2.91. The molecule has 0 aliphatic carbocycles. The number of hydrogen-bond donors (Lipinski definition) is 1. The van der Waals surface area contributed by atoms with E-state index < -0.39 is 0 Å². The second-order valence-electron chi connectivity index (χ2n) is 6.09. The molecule has 0 bridgehead atoms. The first-order chi connectivity index (χ1) is 10.6. The average molecular weight is 302 g/mol. The van der Waals surface area contributed by atoms with Crippen molar-refractivity contribution in [1.82, 2.24) is 10.2 Å². The monoisotopic (exact) mass is 302 g/mol. The first kappa shape index (κ1) is 16.6. The van der Waals surface area contributed by atoms with E-state index in [0.29, 0.717) is 18.2 Å². The number of likely N-dealkylation sites (tertiary alicyclic amines) is 1. The molecule has 1 saturated heterocycles. The van der Waals surface area contributed by atoms with Crippen molar-refractivity contribution in [3.05, 3.63) is 42.0 Å². The second kappa shape index (κ2) is 7.99. The van der Waals surface area contributed by atoms with E-state index in [9.17, 15) is 4.79 Å². The fourth-order valence-corrected chi connectivity index (χ4v) is 2.71. The van der Waals surface area contributed by atoms with E-state index in [1.807, 2.05) is 19.1 Å². The van der Waals surface area contributed by atoms with E-state index in [0.717, 1.165) is 24.3 Å². The van der Waals surface area contributed by atoms with Crippen LogP contribution in [0.1, 0.15) is 36.5 Å². The van der Waals surface area contributed by atoms with Crippen LogP contribution in [0, 0.1) is 0 Å². The van der Waals surface area contributed by atoms with Crippen LogP contribution in [0.5, 0.6) is 5.75 Å². The van der Waals surface area contributed by atoms with E-state index in [4.69, 9.17) is 4.74 Å². The largest absolute Gasteiger partial charge is 0.489 e. The lowest BCUT2D eigenvalue weighted by Gasteiger charge is -2.19. The Morgan fingerprint density at radius 2 is 2.14 bits per heavy atom. The molecule has 2 rings (SSSR count). The first-order valence-electron chi connectivity index (χ1n) is 7.92. The predicted molar refractivity (Wildman–Crippen MR) is 89.4 cm³/mol. The highest BCUT2D eigenvalue weighted by Crippen LogP contribution is 2.17. The van der Waals surface area contributed by atoms with Crippen molar-refractivity contribution in [1.29, 1.82) is 0 Å². The van der Waals surface area contributed by atoms with Gasteiger partial charge in [0, 0.05) is 18.2 Å². The highest BCUT2D eigenvalue weighted by Gasteiger charge is 2.20. The second-order valence-corrected chi connectivity index (χ2v) is 6.09. The van der Waals surface area contributed by atoms with Gasteiger partial charge in [-0.15, -0.1) is 0 Å². The third-order valence-electron chi connectivity index (χ3n) is 4.04. The normalized spacial score (nSPS) is 18.2. The molecule has 0 spiro atoms. The van der Waals surface area contributed by atoms with Gasteiger partial charge in [0.05, 0.1) is 0 Å². The molecule has 1 atom stereocenters. The van der Waals surface area contributed by atoms with Gasteiger partial charge >= 0.3 is 0 Å². The van der Waals surface area contributed by atoms with Gasteiger partial charge in [-0.2, -0.15) is 0 Å². The summed E-state index contributed by atoms with van der Waals surface area (Å²) in [5.74, 6) is 0.735. The van der Waals surface area contributed by atoms with Crippen LogP contribution < -0.4 is 10.1 Å². The topological polar surface area (TPSA) is 41.6 Å². The molecule has 4 nitrogen and oxygen atoms in total. The predicted octanol–water partition coefficient (Wildman–Crippen LogP) is 2.86. The number of carbonyl (C=O) groups excluding carboxylic acids is 1. The molecule has 22 heavy (non-hydrogen) atoms. The van der Waals surface area contributed by atoms with Crippen LogP contribution in [0.2, 0.25) is 0 Å². The molecule has 0 aromatic heterocycles. The maximum Gasteiger partial charge on any atom is 0.251 e. The van der Waals surface area contributed by atoms with Crippen molar-refractivity contribution in [2.24, 2.45) is 0 Å². The first-order valence-corrected chi connectivity index (χ1v) is 7.92. The van der Waals surface area contributed by atoms with Gasteiger partial charge < -0.3 is 15.0 Å². The molecule has 4 heteroatoms. The third-order valence-corrected chi connectivity index (χ3v) is 4.04. The standard InChI is InChI=1S/C18H26N2O2/c1-14(2)13-22-17-8-6-15(7-9-17)18(21)19-11-10-16-5-4-12-20(16)3/h6-9,16H,1,4-5,10-13H2,2-3H3,(H,19,21)/t16-/m1/s1. The molecule has 1 aromatic rings. The summed E-state index contributed by atoms with van der Waals surface area (Å²) in [6, 6.07) is 7.85. The minimum atomic E-state index is -0.0212. The van der Waals surface area contributed by atoms with Crippen molar-refractivity contribution in [3.63, 3.8) is 0 Å². The SMILES string of the molecule is C=C(C)COc1ccc(C(=O)NCC[C@H]2CCCN2C)cc1. The van der Waals surface area contributed by atoms with Gasteiger partial charge in [0.1, 0.15) is 12.4 Å². The van der Waals surface area contributed by atoms with Gasteiger partial charge in [-0.3, -0.25) is 4.79 Å². The van der Waals surface area contributed by atoms with Crippen LogP contribution in [0.15, 0.2) is 36.4 Å². The summed E-state index contributed by atoms with van der Waals surface area (Å²) < 4.78 is 5.53. The number of hydrogen-bond acceptors (Lipinski definition) is 3. The van der Waals surface area contributed by atoms with Gasteiger partial charge in [-0.05, 0) is 69.6 Å². The van der Waals surface area contributed by atoms with Gasteiger partial charge in [0.15, 0.2) is 0 Å². The molecule has 120 valence electrons. The molecule has 0 saturated carbocycles. The Labute approximate surface area is 133 Å². The molecule has 1 heterocycles. The summed E-state index contributed by atoms with van der Waals surface area (Å²) in [4.78, 5) is 14.5. The minimum absolute atomic E-state index is 0.0212. The minimum Gasteiger partial charge on any atom is -0.489 e. The number of ether oxygens (including phenoxy) is 1. The van der Waals surface area contributed by atoms with Crippen LogP contribution in [0.3, 0.4) is 0 Å². The van der Waals surface area contributed by atoms with Crippen LogP contribution in [-0.4, -0.2) is 43.6 Å². The molecule has 1 aromatic carbocycles. The lowest BCUT2D eigenvalue weighted by atomic mass is 10.1. The van der Waals surface area contributed by atoms with Crippen molar-refractivity contribution < 1.29 is 9.53 Å². The van der Waals surface area contributed by atoms with E-state index in [1.165, 1.54) is 19.4 Å². The number of nitrogens with one attached hydrogen (secondary N) is 1. The van der Waals surface area contributed by atoms with E-state index in [2.05, 4.69) is 23.8 Å². The van der Waals surface area contributed by atoms with Crippen molar-refractivity contribution in [2.75, 3.05) is 26.7 Å². The molecule has 1 aliphatic heterocycles. The van der Waals surface area contributed by atoms with Crippen molar-refractivity contribution >= 4 is 5.91 Å². The third kappa shape index (κ3) is 4.88. The van der Waals surface area contributed by atoms with Gasteiger partial charge in [-0.1, -0.05) is 6.58 Å². The van der Waals surface area contributed by atoms with Gasteiger partial charge in [-0.25, -0.2) is 0 Å². The molecule has 1 fully saturated rings. The van der Waals surface area contributed by atoms with Crippen LogP contribution in [-0.2, 0) is 0 Å².